The van der Waals surface area contributed by atoms with Gasteiger partial charge in [0.25, 0.3) is 17.5 Å². The van der Waals surface area contributed by atoms with Crippen LogP contribution in [0.3, 0.4) is 0 Å². The van der Waals surface area contributed by atoms with E-state index in [9.17, 15) is 24.5 Å². The molecule has 0 saturated carbocycles. The van der Waals surface area contributed by atoms with Crippen molar-refractivity contribution < 1.29 is 28.8 Å². The van der Waals surface area contributed by atoms with Crippen LogP contribution in [-0.2, 0) is 9.59 Å². The van der Waals surface area contributed by atoms with Crippen LogP contribution < -0.4 is 19.7 Å². The zero-order valence-electron chi connectivity index (χ0n) is 16.4. The molecule has 11 heteroatoms. The predicted octanol–water partition coefficient (Wildman–Crippen LogP) is 3.43. The van der Waals surface area contributed by atoms with Gasteiger partial charge in [0, 0.05) is 12.1 Å². The van der Waals surface area contributed by atoms with Gasteiger partial charge in [-0.15, -0.1) is 0 Å². The number of nitro groups is 1. The van der Waals surface area contributed by atoms with E-state index in [1.165, 1.54) is 31.4 Å². The fourth-order valence-corrected chi connectivity index (χ4v) is 3.56. The second kappa shape index (κ2) is 8.96. The summed E-state index contributed by atoms with van der Waals surface area (Å²) in [5.74, 6) is -0.973. The number of rotatable bonds is 6. The topological polar surface area (TPSA) is 128 Å². The van der Waals surface area contributed by atoms with Crippen molar-refractivity contribution in [3.63, 3.8) is 0 Å². The Balaban J connectivity index is 2.05. The van der Waals surface area contributed by atoms with Crippen LogP contribution in [0.4, 0.5) is 16.2 Å². The molecule has 0 aromatic heterocycles. The second-order valence-corrected chi connectivity index (χ2v) is 7.06. The highest BCUT2D eigenvalue weighted by Gasteiger charge is 2.37. The van der Waals surface area contributed by atoms with Gasteiger partial charge in [-0.2, -0.15) is 0 Å². The van der Waals surface area contributed by atoms with Gasteiger partial charge >= 0.3 is 6.03 Å². The summed E-state index contributed by atoms with van der Waals surface area (Å²) < 4.78 is 11.4. The number of imide groups is 2. The minimum Gasteiger partial charge on any atom is -0.492 e. The first-order chi connectivity index (χ1) is 14.8. The van der Waals surface area contributed by atoms with Crippen molar-refractivity contribution in [2.45, 2.75) is 6.92 Å². The summed E-state index contributed by atoms with van der Waals surface area (Å²) in [7, 11) is 1.47. The van der Waals surface area contributed by atoms with E-state index in [4.69, 9.17) is 9.47 Å². The molecule has 2 aromatic carbocycles. The molecule has 1 heterocycles. The van der Waals surface area contributed by atoms with Gasteiger partial charge in [0.1, 0.15) is 5.57 Å². The minimum absolute atomic E-state index is 0.0407. The number of barbiturate groups is 1. The van der Waals surface area contributed by atoms with Crippen LogP contribution in [0.15, 0.2) is 46.4 Å². The number of ether oxygens (including phenoxy) is 2. The zero-order chi connectivity index (χ0) is 22.7. The lowest BCUT2D eigenvalue weighted by molar-refractivity contribution is -0.384. The highest BCUT2D eigenvalue weighted by Crippen LogP contribution is 2.37. The van der Waals surface area contributed by atoms with Crippen molar-refractivity contribution in [3.8, 4) is 11.5 Å². The molecule has 1 fully saturated rings. The van der Waals surface area contributed by atoms with Crippen molar-refractivity contribution >= 4 is 51.2 Å². The van der Waals surface area contributed by atoms with Crippen molar-refractivity contribution in [3.05, 3.63) is 62.1 Å². The van der Waals surface area contributed by atoms with E-state index in [2.05, 4.69) is 21.2 Å². The maximum Gasteiger partial charge on any atom is 0.335 e. The second-order valence-electron chi connectivity index (χ2n) is 6.20. The Morgan fingerprint density at radius 1 is 1.23 bits per heavy atom. The molecule has 1 aliphatic heterocycles. The molecule has 0 radical (unpaired) electrons. The summed E-state index contributed by atoms with van der Waals surface area (Å²) in [6, 6.07) is 7.18. The standard InChI is InChI=1S/C20H16BrN3O7/c1-3-31-16-9-11(8-15(21)17(16)30-2)7-14-18(25)22-20(27)23(19(14)26)12-5-4-6-13(10-12)24(28)29/h4-10H,3H2,1-2H3,(H,22,25,27)/b14-7+. The highest BCUT2D eigenvalue weighted by molar-refractivity contribution is 9.10. The number of halogens is 1. The first-order valence-corrected chi connectivity index (χ1v) is 9.72. The molecule has 1 aliphatic rings. The third kappa shape index (κ3) is 4.40. The number of nitro benzene ring substituents is 1. The molecule has 1 N–H and O–H groups in total. The number of urea groups is 1. The van der Waals surface area contributed by atoms with Crippen molar-refractivity contribution in [1.82, 2.24) is 5.32 Å². The van der Waals surface area contributed by atoms with Crippen LogP contribution in [0.25, 0.3) is 6.08 Å². The Bertz CT molecular complexity index is 1130. The van der Waals surface area contributed by atoms with E-state index in [0.29, 0.717) is 33.0 Å². The van der Waals surface area contributed by atoms with Gasteiger partial charge in [-0.05, 0) is 52.7 Å². The number of hydrogen-bond acceptors (Lipinski definition) is 7. The highest BCUT2D eigenvalue weighted by atomic mass is 79.9. The lowest BCUT2D eigenvalue weighted by Crippen LogP contribution is -2.54. The SMILES string of the molecule is CCOc1cc(/C=C2\C(=O)NC(=O)N(c3cccc([N+](=O)[O-])c3)C2=O)cc(Br)c1OC. The van der Waals surface area contributed by atoms with E-state index >= 15 is 0 Å². The Hall–Kier alpha value is -3.73. The number of carbonyl (C=O) groups is 3. The quantitative estimate of drug-likeness (QED) is 0.284. The molecule has 4 amide bonds. The summed E-state index contributed by atoms with van der Waals surface area (Å²) in [4.78, 5) is 48.7. The first kappa shape index (κ1) is 22.0. The lowest BCUT2D eigenvalue weighted by atomic mass is 10.1. The van der Waals surface area contributed by atoms with Gasteiger partial charge in [-0.1, -0.05) is 6.07 Å². The Kier molecular flexibility index (Phi) is 6.35. The first-order valence-electron chi connectivity index (χ1n) is 8.93. The summed E-state index contributed by atoms with van der Waals surface area (Å²) in [5, 5.41) is 13.1. The zero-order valence-corrected chi connectivity index (χ0v) is 18.0. The maximum absolute atomic E-state index is 13.0. The van der Waals surface area contributed by atoms with E-state index in [1.807, 2.05) is 0 Å². The normalized spacial score (nSPS) is 15.1. The molecular weight excluding hydrogens is 474 g/mol. The van der Waals surface area contributed by atoms with E-state index in [0.717, 1.165) is 6.07 Å². The summed E-state index contributed by atoms with van der Waals surface area (Å²) in [6.45, 7) is 2.15. The van der Waals surface area contributed by atoms with Crippen molar-refractivity contribution in [2.75, 3.05) is 18.6 Å². The molecular formula is C20H16BrN3O7. The summed E-state index contributed by atoms with van der Waals surface area (Å²) in [5.41, 5.74) is -0.240. The van der Waals surface area contributed by atoms with Crippen LogP contribution >= 0.6 is 15.9 Å². The fraction of sp³-hybridized carbons (Fsp3) is 0.150. The maximum atomic E-state index is 13.0. The van der Waals surface area contributed by atoms with Crippen molar-refractivity contribution in [2.24, 2.45) is 0 Å². The summed E-state index contributed by atoms with van der Waals surface area (Å²) >= 11 is 3.35. The van der Waals surface area contributed by atoms with Crippen LogP contribution in [-0.4, -0.2) is 36.5 Å². The number of methoxy groups -OCH3 is 1. The number of amides is 4. The molecule has 31 heavy (non-hydrogen) atoms. The van der Waals surface area contributed by atoms with Crippen LogP contribution in [0.5, 0.6) is 11.5 Å². The van der Waals surface area contributed by atoms with Crippen LogP contribution in [0.2, 0.25) is 0 Å². The third-order valence-corrected chi connectivity index (χ3v) is 4.84. The minimum atomic E-state index is -1.00. The van der Waals surface area contributed by atoms with E-state index in [-0.39, 0.29) is 16.9 Å². The monoisotopic (exact) mass is 489 g/mol. The molecule has 0 aliphatic carbocycles. The van der Waals surface area contributed by atoms with Crippen LogP contribution in [0, 0.1) is 10.1 Å². The number of hydrogen-bond donors (Lipinski definition) is 1. The molecule has 3 rings (SSSR count). The number of benzene rings is 2. The fourth-order valence-electron chi connectivity index (χ4n) is 2.94. The van der Waals surface area contributed by atoms with E-state index < -0.39 is 22.8 Å². The van der Waals surface area contributed by atoms with Gasteiger partial charge in [-0.25, -0.2) is 9.69 Å². The van der Waals surface area contributed by atoms with Crippen LogP contribution in [0.1, 0.15) is 12.5 Å². The van der Waals surface area contributed by atoms with Gasteiger partial charge in [0.2, 0.25) is 0 Å². The van der Waals surface area contributed by atoms with E-state index in [1.54, 1.807) is 19.1 Å². The van der Waals surface area contributed by atoms with Gasteiger partial charge < -0.3 is 9.47 Å². The lowest BCUT2D eigenvalue weighted by Gasteiger charge is -2.26. The van der Waals surface area contributed by atoms with Crippen molar-refractivity contribution in [1.29, 1.82) is 0 Å². The summed E-state index contributed by atoms with van der Waals surface area (Å²) in [6.07, 6.45) is 1.29. The molecule has 10 nitrogen and oxygen atoms in total. The number of carbonyl (C=O) groups excluding carboxylic acids is 3. The molecule has 0 atom stereocenters. The molecule has 0 spiro atoms. The van der Waals surface area contributed by atoms with Gasteiger partial charge in [-0.3, -0.25) is 25.0 Å². The van der Waals surface area contributed by atoms with Gasteiger partial charge in [0.05, 0.1) is 28.8 Å². The Morgan fingerprint density at radius 2 is 1.97 bits per heavy atom. The Morgan fingerprint density at radius 3 is 2.61 bits per heavy atom. The predicted molar refractivity (Wildman–Crippen MR) is 114 cm³/mol. The molecule has 1 saturated heterocycles. The molecule has 0 bridgehead atoms. The number of non-ortho nitro benzene ring substituents is 1. The average Bonchev–Trinajstić information content (AvgIpc) is 2.71. The molecule has 0 unspecified atom stereocenters. The molecule has 160 valence electrons. The third-order valence-electron chi connectivity index (χ3n) is 4.25. The smallest absolute Gasteiger partial charge is 0.335 e. The average molecular weight is 490 g/mol. The largest absolute Gasteiger partial charge is 0.492 e. The Labute approximate surface area is 184 Å². The molecule has 2 aromatic rings. The van der Waals surface area contributed by atoms with Gasteiger partial charge in [0.15, 0.2) is 11.5 Å². The number of nitrogens with zero attached hydrogens (tertiary/aromatic N) is 2. The number of nitrogens with one attached hydrogen (secondary N) is 1. The number of anilines is 1.